The van der Waals surface area contributed by atoms with Gasteiger partial charge in [-0.1, -0.05) is 23.7 Å². The second-order valence-electron chi connectivity index (χ2n) is 5.45. The average molecular weight is 373 g/mol. The summed E-state index contributed by atoms with van der Waals surface area (Å²) in [6.45, 7) is 2.15. The number of amides is 1. The quantitative estimate of drug-likeness (QED) is 0.720. The molecule has 0 spiro atoms. The number of aryl methyl sites for hydroxylation is 1. The Balaban J connectivity index is 1.56. The van der Waals surface area contributed by atoms with Gasteiger partial charge in [0.05, 0.1) is 5.69 Å². The standard InChI is InChI=1S/C18H13ClN2O3S/c1-10-16(11-2-5-13(19)6-3-11)20-18(25-10)21-17(22)12-4-7-14-15(8-12)24-9-23-14/h2-8H,9H2,1H3,(H,20,21,22). The molecule has 0 radical (unpaired) electrons. The number of hydrogen-bond donors (Lipinski definition) is 1. The summed E-state index contributed by atoms with van der Waals surface area (Å²) in [5.41, 5.74) is 2.29. The zero-order valence-corrected chi connectivity index (χ0v) is 14.8. The lowest BCUT2D eigenvalue weighted by atomic mass is 10.1. The molecule has 126 valence electrons. The first-order valence-corrected chi connectivity index (χ1v) is 8.74. The van der Waals surface area contributed by atoms with Gasteiger partial charge in [-0.05, 0) is 37.3 Å². The number of carbonyl (C=O) groups is 1. The number of nitrogens with zero attached hydrogens (tertiary/aromatic N) is 1. The van der Waals surface area contributed by atoms with Gasteiger partial charge in [0.15, 0.2) is 16.6 Å². The van der Waals surface area contributed by atoms with E-state index in [1.54, 1.807) is 18.2 Å². The van der Waals surface area contributed by atoms with Crippen molar-refractivity contribution in [1.82, 2.24) is 4.98 Å². The van der Waals surface area contributed by atoms with Crippen molar-refractivity contribution in [2.45, 2.75) is 6.92 Å². The number of halogens is 1. The molecule has 5 nitrogen and oxygen atoms in total. The number of ether oxygens (including phenoxy) is 2. The Labute approximate surface area is 153 Å². The molecule has 3 aromatic rings. The molecule has 1 N–H and O–H groups in total. The fraction of sp³-hybridized carbons (Fsp3) is 0.111. The van der Waals surface area contributed by atoms with Crippen molar-refractivity contribution in [1.29, 1.82) is 0 Å². The first-order chi connectivity index (χ1) is 12.1. The van der Waals surface area contributed by atoms with Crippen LogP contribution in [-0.2, 0) is 0 Å². The first kappa shape index (κ1) is 15.9. The minimum absolute atomic E-state index is 0.177. The monoisotopic (exact) mass is 372 g/mol. The van der Waals surface area contributed by atoms with Crippen LogP contribution in [0.2, 0.25) is 5.02 Å². The molecule has 0 bridgehead atoms. The van der Waals surface area contributed by atoms with Gasteiger partial charge in [0.2, 0.25) is 6.79 Å². The summed E-state index contributed by atoms with van der Waals surface area (Å²) < 4.78 is 10.6. The van der Waals surface area contributed by atoms with E-state index in [2.05, 4.69) is 10.3 Å². The Morgan fingerprint density at radius 3 is 2.72 bits per heavy atom. The van der Waals surface area contributed by atoms with Gasteiger partial charge in [0, 0.05) is 21.0 Å². The summed E-state index contributed by atoms with van der Waals surface area (Å²) in [6.07, 6.45) is 0. The predicted molar refractivity (Wildman–Crippen MR) is 97.8 cm³/mol. The van der Waals surface area contributed by atoms with Crippen LogP contribution in [0.1, 0.15) is 15.2 Å². The lowest BCUT2D eigenvalue weighted by Gasteiger charge is -2.03. The number of rotatable bonds is 3. The molecule has 0 atom stereocenters. The van der Waals surface area contributed by atoms with Gasteiger partial charge in [-0.2, -0.15) is 0 Å². The van der Waals surface area contributed by atoms with E-state index in [0.717, 1.165) is 16.1 Å². The molecule has 7 heteroatoms. The van der Waals surface area contributed by atoms with Crippen LogP contribution in [0, 0.1) is 6.92 Å². The molecular formula is C18H13ClN2O3S. The van der Waals surface area contributed by atoms with Crippen molar-refractivity contribution in [3.8, 4) is 22.8 Å². The maximum absolute atomic E-state index is 12.5. The Bertz CT molecular complexity index is 953. The molecule has 1 amide bonds. The zero-order valence-electron chi connectivity index (χ0n) is 13.2. The van der Waals surface area contributed by atoms with Gasteiger partial charge < -0.3 is 9.47 Å². The molecule has 0 unspecified atom stereocenters. The molecule has 4 rings (SSSR count). The molecule has 25 heavy (non-hydrogen) atoms. The van der Waals surface area contributed by atoms with E-state index in [4.69, 9.17) is 21.1 Å². The third kappa shape index (κ3) is 3.18. The van der Waals surface area contributed by atoms with Gasteiger partial charge in [0.1, 0.15) is 0 Å². The summed E-state index contributed by atoms with van der Waals surface area (Å²) in [5, 5.41) is 4.06. The third-order valence-corrected chi connectivity index (χ3v) is 4.91. The highest BCUT2D eigenvalue weighted by Crippen LogP contribution is 2.34. The van der Waals surface area contributed by atoms with Gasteiger partial charge in [0.25, 0.3) is 5.91 Å². The van der Waals surface area contributed by atoms with Crippen molar-refractivity contribution >= 4 is 34.0 Å². The lowest BCUT2D eigenvalue weighted by molar-refractivity contribution is 0.102. The van der Waals surface area contributed by atoms with Crippen LogP contribution in [0.5, 0.6) is 11.5 Å². The van der Waals surface area contributed by atoms with Gasteiger partial charge in [-0.15, -0.1) is 11.3 Å². The van der Waals surface area contributed by atoms with E-state index >= 15 is 0 Å². The van der Waals surface area contributed by atoms with E-state index < -0.39 is 0 Å². The maximum Gasteiger partial charge on any atom is 0.257 e. The molecule has 1 aromatic heterocycles. The second kappa shape index (κ2) is 6.38. The van der Waals surface area contributed by atoms with E-state index in [1.807, 2.05) is 31.2 Å². The van der Waals surface area contributed by atoms with Crippen LogP contribution < -0.4 is 14.8 Å². The van der Waals surface area contributed by atoms with Crippen LogP contribution in [0.25, 0.3) is 11.3 Å². The zero-order chi connectivity index (χ0) is 17.4. The van der Waals surface area contributed by atoms with E-state index in [9.17, 15) is 4.79 Å². The second-order valence-corrected chi connectivity index (χ2v) is 7.09. The first-order valence-electron chi connectivity index (χ1n) is 7.54. The lowest BCUT2D eigenvalue weighted by Crippen LogP contribution is -2.11. The molecule has 1 aliphatic heterocycles. The SMILES string of the molecule is Cc1sc(NC(=O)c2ccc3c(c2)OCO3)nc1-c1ccc(Cl)cc1. The summed E-state index contributed by atoms with van der Waals surface area (Å²) in [6, 6.07) is 12.5. The van der Waals surface area contributed by atoms with E-state index in [1.165, 1.54) is 11.3 Å². The number of nitrogens with one attached hydrogen (secondary N) is 1. The van der Waals surface area contributed by atoms with Crippen LogP contribution in [-0.4, -0.2) is 17.7 Å². The molecule has 2 aromatic carbocycles. The van der Waals surface area contributed by atoms with Crippen molar-refractivity contribution in [2.75, 3.05) is 12.1 Å². The Morgan fingerprint density at radius 2 is 1.92 bits per heavy atom. The molecule has 2 heterocycles. The highest BCUT2D eigenvalue weighted by atomic mass is 35.5. The molecule has 0 fully saturated rings. The topological polar surface area (TPSA) is 60.5 Å². The van der Waals surface area contributed by atoms with Crippen LogP contribution in [0.3, 0.4) is 0 Å². The number of fused-ring (bicyclic) bond motifs is 1. The highest BCUT2D eigenvalue weighted by Gasteiger charge is 2.18. The molecule has 0 aliphatic carbocycles. The van der Waals surface area contributed by atoms with Crippen molar-refractivity contribution < 1.29 is 14.3 Å². The fourth-order valence-electron chi connectivity index (χ4n) is 2.53. The smallest absolute Gasteiger partial charge is 0.257 e. The minimum atomic E-state index is -0.241. The predicted octanol–water partition coefficient (Wildman–Crippen LogP) is 4.75. The number of thiazole rings is 1. The molecule has 1 aliphatic rings. The minimum Gasteiger partial charge on any atom is -0.454 e. The normalized spacial score (nSPS) is 12.2. The van der Waals surface area contributed by atoms with Crippen LogP contribution >= 0.6 is 22.9 Å². The van der Waals surface area contributed by atoms with Crippen molar-refractivity contribution in [3.63, 3.8) is 0 Å². The van der Waals surface area contributed by atoms with Crippen LogP contribution in [0.4, 0.5) is 5.13 Å². The number of aromatic nitrogens is 1. The fourth-order valence-corrected chi connectivity index (χ4v) is 3.49. The third-order valence-electron chi connectivity index (χ3n) is 3.77. The highest BCUT2D eigenvalue weighted by molar-refractivity contribution is 7.16. The molecule has 0 saturated heterocycles. The van der Waals surface area contributed by atoms with E-state index in [0.29, 0.717) is 27.2 Å². The summed E-state index contributed by atoms with van der Waals surface area (Å²) in [4.78, 5) is 18.0. The maximum atomic E-state index is 12.5. The largest absolute Gasteiger partial charge is 0.454 e. The van der Waals surface area contributed by atoms with Gasteiger partial charge in [-0.25, -0.2) is 4.98 Å². The van der Waals surface area contributed by atoms with Gasteiger partial charge >= 0.3 is 0 Å². The molecule has 0 saturated carbocycles. The number of anilines is 1. The average Bonchev–Trinajstić information content (AvgIpc) is 3.21. The van der Waals surface area contributed by atoms with Crippen molar-refractivity contribution in [2.24, 2.45) is 0 Å². The Kier molecular flexibility index (Phi) is 4.07. The molecular weight excluding hydrogens is 360 g/mol. The summed E-state index contributed by atoms with van der Waals surface area (Å²) in [7, 11) is 0. The van der Waals surface area contributed by atoms with E-state index in [-0.39, 0.29) is 12.7 Å². The van der Waals surface area contributed by atoms with Crippen LogP contribution in [0.15, 0.2) is 42.5 Å². The number of hydrogen-bond acceptors (Lipinski definition) is 5. The Morgan fingerprint density at radius 1 is 1.16 bits per heavy atom. The summed E-state index contributed by atoms with van der Waals surface area (Å²) >= 11 is 7.36. The number of carbonyl (C=O) groups excluding carboxylic acids is 1. The Hall–Kier alpha value is -2.57. The van der Waals surface area contributed by atoms with Gasteiger partial charge in [-0.3, -0.25) is 10.1 Å². The number of benzene rings is 2. The van der Waals surface area contributed by atoms with Crippen molar-refractivity contribution in [3.05, 3.63) is 57.9 Å². The summed E-state index contributed by atoms with van der Waals surface area (Å²) in [5.74, 6) is 0.978.